The molecule has 0 spiro atoms. The number of hydrogen-bond acceptors (Lipinski definition) is 6. The summed E-state index contributed by atoms with van der Waals surface area (Å²) in [6.45, 7) is 9.73. The van der Waals surface area contributed by atoms with Crippen LogP contribution in [0.3, 0.4) is 0 Å². The second-order valence-electron chi connectivity index (χ2n) is 8.03. The van der Waals surface area contributed by atoms with Crippen molar-refractivity contribution in [2.75, 3.05) is 18.4 Å². The summed E-state index contributed by atoms with van der Waals surface area (Å²) in [6.07, 6.45) is -0.192. The normalized spacial score (nSPS) is 11.7. The summed E-state index contributed by atoms with van der Waals surface area (Å²) in [4.78, 5) is 17.5. The maximum absolute atomic E-state index is 13.0. The quantitative estimate of drug-likeness (QED) is 0.449. The minimum Gasteiger partial charge on any atom is -0.489 e. The molecule has 9 heteroatoms. The lowest BCUT2D eigenvalue weighted by Crippen LogP contribution is -2.30. The fourth-order valence-electron chi connectivity index (χ4n) is 3.48. The standard InChI is InChI=1S/C25H31N3O5S/c1-6-28(7-2)34(30,31)20-13-14-23(32-17(3)4)22(15-20)26-24(29)16-21-18(5)33-25(27-21)19-11-9-8-10-12-19/h8-15,17H,6-7,16H2,1-5H3,(H,26,29). The first kappa shape index (κ1) is 25.5. The molecule has 8 nitrogen and oxygen atoms in total. The second-order valence-corrected chi connectivity index (χ2v) is 9.96. The fraction of sp³-hybridized carbons (Fsp3) is 0.360. The number of anilines is 1. The van der Waals surface area contributed by atoms with Crippen LogP contribution in [0.15, 0.2) is 57.8 Å². The molecule has 1 aromatic heterocycles. The highest BCUT2D eigenvalue weighted by Crippen LogP contribution is 2.30. The Kier molecular flexibility index (Phi) is 8.11. The van der Waals surface area contributed by atoms with Crippen molar-refractivity contribution >= 4 is 21.6 Å². The van der Waals surface area contributed by atoms with Crippen molar-refractivity contribution in [3.8, 4) is 17.2 Å². The predicted octanol–water partition coefficient (Wildman–Crippen LogP) is 4.65. The number of amides is 1. The number of oxazole rings is 1. The van der Waals surface area contributed by atoms with Crippen LogP contribution < -0.4 is 10.1 Å². The first-order valence-corrected chi connectivity index (χ1v) is 12.7. The van der Waals surface area contributed by atoms with Gasteiger partial charge in [-0.25, -0.2) is 13.4 Å². The molecule has 1 heterocycles. The molecule has 182 valence electrons. The molecule has 0 fully saturated rings. The van der Waals surface area contributed by atoms with Gasteiger partial charge in [-0.2, -0.15) is 4.31 Å². The SMILES string of the molecule is CCN(CC)S(=O)(=O)c1ccc(OC(C)C)c(NC(=O)Cc2nc(-c3ccccc3)oc2C)c1. The molecule has 0 atom stereocenters. The van der Waals surface area contributed by atoms with Crippen LogP contribution in [0.25, 0.3) is 11.5 Å². The van der Waals surface area contributed by atoms with E-state index in [0.717, 1.165) is 5.56 Å². The van der Waals surface area contributed by atoms with Gasteiger partial charge in [0, 0.05) is 18.7 Å². The zero-order valence-corrected chi connectivity index (χ0v) is 21.0. The van der Waals surface area contributed by atoms with Gasteiger partial charge in [0.2, 0.25) is 21.8 Å². The zero-order chi connectivity index (χ0) is 24.9. The lowest BCUT2D eigenvalue weighted by atomic mass is 10.2. The zero-order valence-electron chi connectivity index (χ0n) is 20.2. The summed E-state index contributed by atoms with van der Waals surface area (Å²) in [5.41, 5.74) is 1.62. The number of carbonyl (C=O) groups excluding carboxylic acids is 1. The Balaban J connectivity index is 1.87. The maximum atomic E-state index is 13.0. The van der Waals surface area contributed by atoms with E-state index in [9.17, 15) is 13.2 Å². The van der Waals surface area contributed by atoms with Gasteiger partial charge in [-0.05, 0) is 51.1 Å². The monoisotopic (exact) mass is 485 g/mol. The summed E-state index contributed by atoms with van der Waals surface area (Å²) < 4.78 is 38.9. The Bertz CT molecular complexity index is 1230. The highest BCUT2D eigenvalue weighted by molar-refractivity contribution is 7.89. The van der Waals surface area contributed by atoms with Gasteiger partial charge in [-0.1, -0.05) is 32.0 Å². The molecule has 0 bridgehead atoms. The largest absolute Gasteiger partial charge is 0.489 e. The summed E-state index contributed by atoms with van der Waals surface area (Å²) in [5, 5.41) is 2.80. The highest BCUT2D eigenvalue weighted by atomic mass is 32.2. The van der Waals surface area contributed by atoms with Crippen molar-refractivity contribution in [3.05, 3.63) is 60.0 Å². The van der Waals surface area contributed by atoms with Crippen LogP contribution in [0.4, 0.5) is 5.69 Å². The molecule has 1 amide bonds. The minimum absolute atomic E-state index is 0.0314. The lowest BCUT2D eigenvalue weighted by molar-refractivity contribution is -0.115. The number of nitrogens with one attached hydrogen (secondary N) is 1. The number of ether oxygens (including phenoxy) is 1. The van der Waals surface area contributed by atoms with Gasteiger partial charge >= 0.3 is 0 Å². The highest BCUT2D eigenvalue weighted by Gasteiger charge is 2.24. The molecule has 0 saturated carbocycles. The smallest absolute Gasteiger partial charge is 0.243 e. The van der Waals surface area contributed by atoms with E-state index in [0.29, 0.717) is 36.2 Å². The number of carbonyl (C=O) groups is 1. The maximum Gasteiger partial charge on any atom is 0.243 e. The van der Waals surface area contributed by atoms with E-state index in [-0.39, 0.29) is 29.0 Å². The topological polar surface area (TPSA) is 102 Å². The number of rotatable bonds is 10. The molecule has 1 N–H and O–H groups in total. The Labute approximate surface area is 201 Å². The lowest BCUT2D eigenvalue weighted by Gasteiger charge is -2.20. The van der Waals surface area contributed by atoms with Gasteiger partial charge in [0.15, 0.2) is 0 Å². The summed E-state index contributed by atoms with van der Waals surface area (Å²) in [7, 11) is -3.70. The Morgan fingerprint density at radius 2 is 1.79 bits per heavy atom. The third-order valence-corrected chi connectivity index (χ3v) is 7.22. The van der Waals surface area contributed by atoms with Crippen molar-refractivity contribution in [2.24, 2.45) is 0 Å². The van der Waals surface area contributed by atoms with E-state index >= 15 is 0 Å². The number of aromatic nitrogens is 1. The third kappa shape index (κ3) is 5.84. The Morgan fingerprint density at radius 3 is 2.41 bits per heavy atom. The van der Waals surface area contributed by atoms with E-state index in [4.69, 9.17) is 9.15 Å². The first-order valence-electron chi connectivity index (χ1n) is 11.3. The summed E-state index contributed by atoms with van der Waals surface area (Å²) in [6, 6.07) is 13.9. The molecular formula is C25H31N3O5S. The molecule has 0 aliphatic rings. The number of hydrogen-bond donors (Lipinski definition) is 1. The molecule has 0 aliphatic carbocycles. The number of aryl methyl sites for hydroxylation is 1. The van der Waals surface area contributed by atoms with Gasteiger partial charge in [-0.3, -0.25) is 4.79 Å². The third-order valence-electron chi connectivity index (χ3n) is 5.17. The molecule has 0 radical (unpaired) electrons. The fourth-order valence-corrected chi connectivity index (χ4v) is 4.96. The van der Waals surface area contributed by atoms with Crippen molar-refractivity contribution in [1.29, 1.82) is 0 Å². The van der Waals surface area contributed by atoms with E-state index in [1.165, 1.54) is 16.4 Å². The molecular weight excluding hydrogens is 454 g/mol. The van der Waals surface area contributed by atoms with Crippen LogP contribution in [0, 0.1) is 6.92 Å². The second kappa shape index (κ2) is 10.8. The number of sulfonamides is 1. The van der Waals surface area contributed by atoms with E-state index in [2.05, 4.69) is 10.3 Å². The molecule has 2 aromatic carbocycles. The Hall–Kier alpha value is -3.17. The predicted molar refractivity (Wildman–Crippen MR) is 131 cm³/mol. The van der Waals surface area contributed by atoms with E-state index in [1.807, 2.05) is 44.2 Å². The number of benzene rings is 2. The van der Waals surface area contributed by atoms with Gasteiger partial charge in [0.25, 0.3) is 0 Å². The van der Waals surface area contributed by atoms with E-state index < -0.39 is 10.0 Å². The van der Waals surface area contributed by atoms with Gasteiger partial charge < -0.3 is 14.5 Å². The Morgan fingerprint density at radius 1 is 1.12 bits per heavy atom. The van der Waals surface area contributed by atoms with Crippen LogP contribution in [0.2, 0.25) is 0 Å². The van der Waals surface area contributed by atoms with Crippen LogP contribution in [0.1, 0.15) is 39.1 Å². The van der Waals surface area contributed by atoms with Crippen molar-refractivity contribution in [2.45, 2.75) is 52.0 Å². The van der Waals surface area contributed by atoms with Crippen LogP contribution >= 0.6 is 0 Å². The molecule has 34 heavy (non-hydrogen) atoms. The molecule has 0 saturated heterocycles. The van der Waals surface area contributed by atoms with Gasteiger partial charge in [0.1, 0.15) is 11.5 Å². The average molecular weight is 486 g/mol. The van der Waals surface area contributed by atoms with Crippen molar-refractivity contribution < 1.29 is 22.4 Å². The first-order chi connectivity index (χ1) is 16.1. The van der Waals surface area contributed by atoms with Crippen molar-refractivity contribution in [1.82, 2.24) is 9.29 Å². The summed E-state index contributed by atoms with van der Waals surface area (Å²) in [5.74, 6) is 1.02. The molecule has 3 aromatic rings. The average Bonchev–Trinajstić information content (AvgIpc) is 3.15. The molecule has 0 unspecified atom stereocenters. The number of nitrogens with zero attached hydrogens (tertiary/aromatic N) is 2. The minimum atomic E-state index is -3.70. The molecule has 0 aliphatic heterocycles. The van der Waals surface area contributed by atoms with E-state index in [1.54, 1.807) is 26.8 Å². The van der Waals surface area contributed by atoms with Crippen LogP contribution in [-0.4, -0.2) is 42.8 Å². The van der Waals surface area contributed by atoms with Crippen LogP contribution in [0.5, 0.6) is 5.75 Å². The van der Waals surface area contributed by atoms with Gasteiger partial charge in [0.05, 0.1) is 28.8 Å². The molecule has 3 rings (SSSR count). The van der Waals surface area contributed by atoms with Gasteiger partial charge in [-0.15, -0.1) is 0 Å². The van der Waals surface area contributed by atoms with Crippen molar-refractivity contribution in [3.63, 3.8) is 0 Å². The summed E-state index contributed by atoms with van der Waals surface area (Å²) >= 11 is 0. The van der Waals surface area contributed by atoms with Crippen LogP contribution in [-0.2, 0) is 21.2 Å².